The number of anilines is 1. The second kappa shape index (κ2) is 3.98. The fourth-order valence-corrected chi connectivity index (χ4v) is 2.97. The third-order valence-corrected chi connectivity index (χ3v) is 3.91. The number of nitrogens with two attached hydrogens (primary N) is 1. The zero-order valence-electron chi connectivity index (χ0n) is 10.6. The second-order valence-electron chi connectivity index (χ2n) is 5.16. The van der Waals surface area contributed by atoms with Gasteiger partial charge >= 0.3 is 0 Å². The number of aryl methyl sites for hydroxylation is 2. The molecule has 1 aromatic rings. The number of carbonyl (C=O) groups excluding carboxylic acids is 1. The fourth-order valence-electron chi connectivity index (χ4n) is 2.97. The van der Waals surface area contributed by atoms with Crippen LogP contribution in [0.2, 0.25) is 0 Å². The maximum Gasteiger partial charge on any atom is 0.272 e. The van der Waals surface area contributed by atoms with E-state index >= 15 is 0 Å². The number of fused-ring (bicyclic) bond motifs is 2. The van der Waals surface area contributed by atoms with Crippen molar-refractivity contribution >= 4 is 11.6 Å². The second-order valence-corrected chi connectivity index (χ2v) is 5.16. The van der Waals surface area contributed by atoms with E-state index in [9.17, 15) is 4.79 Å². The average molecular weight is 250 g/mol. The van der Waals surface area contributed by atoms with Crippen LogP contribution in [0.15, 0.2) is 0 Å². The number of hydrogen-bond acceptors (Lipinski definition) is 4. The lowest BCUT2D eigenvalue weighted by molar-refractivity contribution is 0.0835. The van der Waals surface area contributed by atoms with E-state index in [1.807, 2.05) is 0 Å². The summed E-state index contributed by atoms with van der Waals surface area (Å²) in [5, 5.41) is 7.17. The van der Waals surface area contributed by atoms with Crippen LogP contribution in [0.1, 0.15) is 35.4 Å². The molecule has 6 heteroatoms. The van der Waals surface area contributed by atoms with Gasteiger partial charge in [0.15, 0.2) is 0 Å². The Labute approximate surface area is 105 Å². The van der Waals surface area contributed by atoms with Crippen molar-refractivity contribution in [2.45, 2.75) is 44.4 Å². The largest absolute Gasteiger partial charge is 0.395 e. The van der Waals surface area contributed by atoms with Crippen molar-refractivity contribution in [3.05, 3.63) is 11.4 Å². The quantitative estimate of drug-likeness (QED) is 0.794. The molecule has 1 amide bonds. The van der Waals surface area contributed by atoms with Crippen molar-refractivity contribution in [2.24, 2.45) is 7.05 Å². The minimum atomic E-state index is -0.156. The third-order valence-electron chi connectivity index (χ3n) is 3.91. The van der Waals surface area contributed by atoms with Crippen LogP contribution in [0.3, 0.4) is 0 Å². The number of carbonyl (C=O) groups is 1. The number of rotatable bonds is 2. The molecule has 1 aromatic heterocycles. The highest BCUT2D eigenvalue weighted by Crippen LogP contribution is 2.34. The van der Waals surface area contributed by atoms with Gasteiger partial charge in [-0.3, -0.25) is 9.48 Å². The number of nitrogen functional groups attached to an aromatic ring is 1. The standard InChI is InChI=1S/C12H18N4O2/c1-6-10(13)11(16(2)15-6)12(17)14-8-5-7-3-4-9(8)18-7/h7-9H,3-5,13H2,1-2H3,(H,14,17). The highest BCUT2D eigenvalue weighted by molar-refractivity contribution is 5.98. The molecule has 2 bridgehead atoms. The summed E-state index contributed by atoms with van der Waals surface area (Å²) in [5.41, 5.74) is 7.46. The van der Waals surface area contributed by atoms with E-state index in [1.165, 1.54) is 4.68 Å². The monoisotopic (exact) mass is 250 g/mol. The first kappa shape index (κ1) is 11.5. The highest BCUT2D eigenvalue weighted by atomic mass is 16.5. The highest BCUT2D eigenvalue weighted by Gasteiger charge is 2.41. The van der Waals surface area contributed by atoms with E-state index in [0.29, 0.717) is 23.2 Å². The van der Waals surface area contributed by atoms with E-state index in [1.54, 1.807) is 14.0 Å². The smallest absolute Gasteiger partial charge is 0.272 e. The van der Waals surface area contributed by atoms with Crippen molar-refractivity contribution < 1.29 is 9.53 Å². The summed E-state index contributed by atoms with van der Waals surface area (Å²) < 4.78 is 7.25. The van der Waals surface area contributed by atoms with Gasteiger partial charge < -0.3 is 15.8 Å². The summed E-state index contributed by atoms with van der Waals surface area (Å²) in [6.45, 7) is 1.80. The van der Waals surface area contributed by atoms with Gasteiger partial charge in [-0.05, 0) is 26.2 Å². The number of amides is 1. The Morgan fingerprint density at radius 1 is 1.56 bits per heavy atom. The molecule has 18 heavy (non-hydrogen) atoms. The van der Waals surface area contributed by atoms with E-state index < -0.39 is 0 Å². The van der Waals surface area contributed by atoms with Gasteiger partial charge in [0.05, 0.1) is 29.6 Å². The van der Waals surface area contributed by atoms with Gasteiger partial charge in [-0.2, -0.15) is 5.10 Å². The van der Waals surface area contributed by atoms with Crippen molar-refractivity contribution in [2.75, 3.05) is 5.73 Å². The lowest BCUT2D eigenvalue weighted by Gasteiger charge is -2.20. The molecule has 0 aromatic carbocycles. The molecule has 0 radical (unpaired) electrons. The van der Waals surface area contributed by atoms with Crippen LogP contribution in [0, 0.1) is 6.92 Å². The topological polar surface area (TPSA) is 82.2 Å². The van der Waals surface area contributed by atoms with Crippen LogP contribution in [0.5, 0.6) is 0 Å². The zero-order chi connectivity index (χ0) is 12.9. The van der Waals surface area contributed by atoms with E-state index in [-0.39, 0.29) is 18.1 Å². The van der Waals surface area contributed by atoms with Gasteiger partial charge in [0, 0.05) is 7.05 Å². The Morgan fingerprint density at radius 3 is 2.83 bits per heavy atom. The lowest BCUT2D eigenvalue weighted by Crippen LogP contribution is -2.42. The molecule has 2 aliphatic rings. The molecule has 3 N–H and O–H groups in total. The van der Waals surface area contributed by atoms with Crippen LogP contribution >= 0.6 is 0 Å². The molecule has 3 heterocycles. The van der Waals surface area contributed by atoms with E-state index in [0.717, 1.165) is 19.3 Å². The molecule has 98 valence electrons. The summed E-state index contributed by atoms with van der Waals surface area (Å²) in [5.74, 6) is -0.156. The van der Waals surface area contributed by atoms with Crippen molar-refractivity contribution in [1.29, 1.82) is 0 Å². The predicted octanol–water partition coefficient (Wildman–Crippen LogP) is 0.360. The molecule has 2 aliphatic heterocycles. The van der Waals surface area contributed by atoms with Gasteiger partial charge in [-0.15, -0.1) is 0 Å². The molecular formula is C12H18N4O2. The zero-order valence-corrected chi connectivity index (χ0v) is 10.6. The average Bonchev–Trinajstić information content (AvgIpc) is 2.95. The molecular weight excluding hydrogens is 232 g/mol. The van der Waals surface area contributed by atoms with Crippen molar-refractivity contribution in [1.82, 2.24) is 15.1 Å². The maximum absolute atomic E-state index is 12.2. The Hall–Kier alpha value is -1.56. The third kappa shape index (κ3) is 1.68. The first-order valence-corrected chi connectivity index (χ1v) is 6.31. The molecule has 0 aliphatic carbocycles. The predicted molar refractivity (Wildman–Crippen MR) is 66.1 cm³/mol. The van der Waals surface area contributed by atoms with Gasteiger partial charge in [-0.1, -0.05) is 0 Å². The molecule has 2 saturated heterocycles. The van der Waals surface area contributed by atoms with Crippen molar-refractivity contribution in [3.8, 4) is 0 Å². The Bertz CT molecular complexity index is 497. The number of ether oxygens (including phenoxy) is 1. The van der Waals surface area contributed by atoms with E-state index in [4.69, 9.17) is 10.5 Å². The van der Waals surface area contributed by atoms with Crippen molar-refractivity contribution in [3.63, 3.8) is 0 Å². The Morgan fingerprint density at radius 2 is 2.33 bits per heavy atom. The van der Waals surface area contributed by atoms with Gasteiger partial charge in [0.2, 0.25) is 0 Å². The summed E-state index contributed by atoms with van der Waals surface area (Å²) in [7, 11) is 1.73. The maximum atomic E-state index is 12.2. The summed E-state index contributed by atoms with van der Waals surface area (Å²) in [6.07, 6.45) is 3.56. The van der Waals surface area contributed by atoms with E-state index in [2.05, 4.69) is 10.4 Å². The summed E-state index contributed by atoms with van der Waals surface area (Å²) >= 11 is 0. The normalized spacial score (nSPS) is 29.8. The number of hydrogen-bond donors (Lipinski definition) is 2. The molecule has 3 rings (SSSR count). The summed E-state index contributed by atoms with van der Waals surface area (Å²) in [6, 6.07) is 0.117. The lowest BCUT2D eigenvalue weighted by atomic mass is 9.95. The van der Waals surface area contributed by atoms with Gasteiger partial charge in [0.1, 0.15) is 5.69 Å². The summed E-state index contributed by atoms with van der Waals surface area (Å²) in [4.78, 5) is 12.2. The first-order valence-electron chi connectivity index (χ1n) is 6.31. The molecule has 3 unspecified atom stereocenters. The minimum Gasteiger partial charge on any atom is -0.395 e. The molecule has 0 spiro atoms. The Kier molecular flexibility index (Phi) is 2.55. The van der Waals surface area contributed by atoms with Crippen LogP contribution in [-0.4, -0.2) is 33.9 Å². The number of nitrogens with one attached hydrogen (secondary N) is 1. The number of aromatic nitrogens is 2. The van der Waals surface area contributed by atoms with Crippen LogP contribution in [0.4, 0.5) is 5.69 Å². The minimum absolute atomic E-state index is 0.117. The molecule has 6 nitrogen and oxygen atoms in total. The first-order chi connectivity index (χ1) is 8.56. The van der Waals surface area contributed by atoms with Crippen LogP contribution < -0.4 is 11.1 Å². The Balaban J connectivity index is 1.75. The van der Waals surface area contributed by atoms with Crippen LogP contribution in [-0.2, 0) is 11.8 Å². The van der Waals surface area contributed by atoms with Gasteiger partial charge in [0.25, 0.3) is 5.91 Å². The van der Waals surface area contributed by atoms with Crippen LogP contribution in [0.25, 0.3) is 0 Å². The molecule has 2 fully saturated rings. The SMILES string of the molecule is Cc1nn(C)c(C(=O)NC2CC3CCC2O3)c1N. The molecule has 3 atom stereocenters. The molecule has 0 saturated carbocycles. The number of nitrogens with zero attached hydrogens (tertiary/aromatic N) is 2. The fraction of sp³-hybridized carbons (Fsp3) is 0.667. The van der Waals surface area contributed by atoms with Gasteiger partial charge in [-0.25, -0.2) is 0 Å².